The highest BCUT2D eigenvalue weighted by molar-refractivity contribution is 5.76. The van der Waals surface area contributed by atoms with Crippen molar-refractivity contribution in [2.45, 2.75) is 32.2 Å². The molecule has 1 fully saturated rings. The van der Waals surface area contributed by atoms with Crippen LogP contribution in [0.25, 0.3) is 11.0 Å². The maximum absolute atomic E-state index is 12.4. The summed E-state index contributed by atoms with van der Waals surface area (Å²) in [6.45, 7) is 2.89. The first kappa shape index (κ1) is 12.4. The molecule has 1 aliphatic heterocycles. The lowest BCUT2D eigenvalue weighted by atomic mass is 10.1. The van der Waals surface area contributed by atoms with Crippen LogP contribution >= 0.6 is 0 Å². The molecule has 0 spiro atoms. The molecular weight excluding hydrogens is 238 g/mol. The highest BCUT2D eigenvalue weighted by atomic mass is 16.3. The van der Waals surface area contributed by atoms with Gasteiger partial charge in [-0.25, -0.2) is 0 Å². The Morgan fingerprint density at radius 2 is 1.79 bits per heavy atom. The summed E-state index contributed by atoms with van der Waals surface area (Å²) in [6.07, 6.45) is 6.72. The number of likely N-dealkylation sites (tertiary alicyclic amines) is 1. The quantitative estimate of drug-likeness (QED) is 0.828. The minimum atomic E-state index is 0.117. The third-order valence-electron chi connectivity index (χ3n) is 3.84. The van der Waals surface area contributed by atoms with Gasteiger partial charge in [0.05, 0.1) is 11.6 Å². The second-order valence-electron chi connectivity index (χ2n) is 5.28. The largest absolute Gasteiger partial charge is 0.464 e. The SMILES string of the molecule is O=c1c(CN2CCCCCC2)coc2ccccc12. The topological polar surface area (TPSA) is 33.5 Å². The van der Waals surface area contributed by atoms with Gasteiger partial charge in [-0.1, -0.05) is 25.0 Å². The second kappa shape index (κ2) is 5.57. The molecule has 2 heterocycles. The van der Waals surface area contributed by atoms with E-state index in [4.69, 9.17) is 4.42 Å². The summed E-state index contributed by atoms with van der Waals surface area (Å²) in [6, 6.07) is 7.45. The molecule has 0 amide bonds. The Morgan fingerprint density at radius 1 is 1.05 bits per heavy atom. The van der Waals surface area contributed by atoms with Crippen LogP contribution in [0.3, 0.4) is 0 Å². The summed E-state index contributed by atoms with van der Waals surface area (Å²) < 4.78 is 5.57. The van der Waals surface area contributed by atoms with Crippen molar-refractivity contribution in [1.29, 1.82) is 0 Å². The van der Waals surface area contributed by atoms with Gasteiger partial charge in [0.25, 0.3) is 0 Å². The van der Waals surface area contributed by atoms with Gasteiger partial charge in [0, 0.05) is 12.1 Å². The zero-order valence-electron chi connectivity index (χ0n) is 11.1. The standard InChI is InChI=1S/C16H19NO2/c18-16-13(11-17-9-5-1-2-6-10-17)12-19-15-8-4-3-7-14(15)16/h3-4,7-8,12H,1-2,5-6,9-11H2. The monoisotopic (exact) mass is 257 g/mol. The first-order valence-corrected chi connectivity index (χ1v) is 7.06. The summed E-state index contributed by atoms with van der Waals surface area (Å²) >= 11 is 0. The number of hydrogen-bond acceptors (Lipinski definition) is 3. The summed E-state index contributed by atoms with van der Waals surface area (Å²) in [5.41, 5.74) is 1.57. The van der Waals surface area contributed by atoms with Crippen molar-refractivity contribution in [3.05, 3.63) is 46.3 Å². The van der Waals surface area contributed by atoms with E-state index in [0.717, 1.165) is 18.7 Å². The summed E-state index contributed by atoms with van der Waals surface area (Å²) in [4.78, 5) is 14.8. The molecule has 0 aliphatic carbocycles. The summed E-state index contributed by atoms with van der Waals surface area (Å²) in [5.74, 6) is 0. The van der Waals surface area contributed by atoms with E-state index in [0.29, 0.717) is 17.5 Å². The predicted octanol–water partition coefficient (Wildman–Crippen LogP) is 3.17. The van der Waals surface area contributed by atoms with Gasteiger partial charge in [0.15, 0.2) is 5.43 Å². The Balaban J connectivity index is 1.88. The molecule has 0 bridgehead atoms. The molecule has 1 saturated heterocycles. The molecule has 1 aliphatic rings. The average molecular weight is 257 g/mol. The molecule has 0 unspecified atom stereocenters. The van der Waals surface area contributed by atoms with Crippen LogP contribution in [0.15, 0.2) is 39.7 Å². The molecule has 0 saturated carbocycles. The van der Waals surface area contributed by atoms with Gasteiger partial charge in [0.1, 0.15) is 5.58 Å². The third kappa shape index (κ3) is 2.71. The first-order chi connectivity index (χ1) is 9.34. The first-order valence-electron chi connectivity index (χ1n) is 7.06. The molecule has 0 N–H and O–H groups in total. The number of rotatable bonds is 2. The number of fused-ring (bicyclic) bond motifs is 1. The van der Waals surface area contributed by atoms with Crippen LogP contribution in [0.4, 0.5) is 0 Å². The van der Waals surface area contributed by atoms with Crippen LogP contribution < -0.4 is 5.43 Å². The van der Waals surface area contributed by atoms with E-state index < -0.39 is 0 Å². The Labute approximate surface area is 112 Å². The Bertz CT molecular complexity index is 609. The Morgan fingerprint density at radius 3 is 2.58 bits per heavy atom. The summed E-state index contributed by atoms with van der Waals surface area (Å²) in [7, 11) is 0. The number of hydrogen-bond donors (Lipinski definition) is 0. The van der Waals surface area contributed by atoms with E-state index in [1.165, 1.54) is 25.7 Å². The minimum Gasteiger partial charge on any atom is -0.464 e. The van der Waals surface area contributed by atoms with Crippen molar-refractivity contribution in [1.82, 2.24) is 4.90 Å². The van der Waals surface area contributed by atoms with Crippen LogP contribution in [0.1, 0.15) is 31.2 Å². The maximum Gasteiger partial charge on any atom is 0.197 e. The van der Waals surface area contributed by atoms with Crippen molar-refractivity contribution in [3.8, 4) is 0 Å². The van der Waals surface area contributed by atoms with Gasteiger partial charge in [0.2, 0.25) is 0 Å². The molecule has 3 nitrogen and oxygen atoms in total. The van der Waals surface area contributed by atoms with Crippen LogP contribution in [-0.2, 0) is 6.54 Å². The van der Waals surface area contributed by atoms with Gasteiger partial charge in [-0.2, -0.15) is 0 Å². The van der Waals surface area contributed by atoms with Gasteiger partial charge in [-0.05, 0) is 38.1 Å². The van der Waals surface area contributed by atoms with E-state index in [1.807, 2.05) is 24.3 Å². The zero-order chi connectivity index (χ0) is 13.1. The van der Waals surface area contributed by atoms with Crippen LogP contribution in [0, 0.1) is 0 Å². The Hall–Kier alpha value is -1.61. The molecule has 1 aromatic carbocycles. The number of benzene rings is 1. The van der Waals surface area contributed by atoms with Crippen molar-refractivity contribution < 1.29 is 4.42 Å². The van der Waals surface area contributed by atoms with Crippen molar-refractivity contribution >= 4 is 11.0 Å². The summed E-state index contributed by atoms with van der Waals surface area (Å²) in [5, 5.41) is 0.690. The molecule has 19 heavy (non-hydrogen) atoms. The Kier molecular flexibility index (Phi) is 3.65. The lowest BCUT2D eigenvalue weighted by Crippen LogP contribution is -2.27. The molecular formula is C16H19NO2. The fraction of sp³-hybridized carbons (Fsp3) is 0.438. The van der Waals surface area contributed by atoms with E-state index >= 15 is 0 Å². The number of nitrogens with zero attached hydrogens (tertiary/aromatic N) is 1. The van der Waals surface area contributed by atoms with Crippen molar-refractivity contribution in [3.63, 3.8) is 0 Å². The van der Waals surface area contributed by atoms with Gasteiger partial charge < -0.3 is 4.42 Å². The smallest absolute Gasteiger partial charge is 0.197 e. The van der Waals surface area contributed by atoms with Gasteiger partial charge >= 0.3 is 0 Å². The van der Waals surface area contributed by atoms with Crippen LogP contribution in [0.2, 0.25) is 0 Å². The van der Waals surface area contributed by atoms with E-state index in [2.05, 4.69) is 4.90 Å². The molecule has 100 valence electrons. The highest BCUT2D eigenvalue weighted by Gasteiger charge is 2.13. The number of para-hydroxylation sites is 1. The molecule has 3 rings (SSSR count). The normalized spacial score (nSPS) is 17.5. The van der Waals surface area contributed by atoms with Crippen LogP contribution in [-0.4, -0.2) is 18.0 Å². The fourth-order valence-corrected chi connectivity index (χ4v) is 2.76. The maximum atomic E-state index is 12.4. The molecule has 3 heteroatoms. The van der Waals surface area contributed by atoms with E-state index in [9.17, 15) is 4.79 Å². The van der Waals surface area contributed by atoms with Crippen LogP contribution in [0.5, 0.6) is 0 Å². The average Bonchev–Trinajstić information content (AvgIpc) is 2.71. The molecule has 0 radical (unpaired) electrons. The van der Waals surface area contributed by atoms with Gasteiger partial charge in [-0.15, -0.1) is 0 Å². The van der Waals surface area contributed by atoms with Gasteiger partial charge in [-0.3, -0.25) is 9.69 Å². The lowest BCUT2D eigenvalue weighted by molar-refractivity contribution is 0.274. The van der Waals surface area contributed by atoms with Crippen molar-refractivity contribution in [2.75, 3.05) is 13.1 Å². The molecule has 2 aromatic rings. The van der Waals surface area contributed by atoms with E-state index in [-0.39, 0.29) is 5.43 Å². The molecule has 1 aromatic heterocycles. The molecule has 0 atom stereocenters. The third-order valence-corrected chi connectivity index (χ3v) is 3.84. The second-order valence-corrected chi connectivity index (χ2v) is 5.28. The zero-order valence-corrected chi connectivity index (χ0v) is 11.1. The predicted molar refractivity (Wildman–Crippen MR) is 76.2 cm³/mol. The minimum absolute atomic E-state index is 0.117. The lowest BCUT2D eigenvalue weighted by Gasteiger charge is -2.19. The highest BCUT2D eigenvalue weighted by Crippen LogP contribution is 2.14. The van der Waals surface area contributed by atoms with Crippen molar-refractivity contribution in [2.24, 2.45) is 0 Å². The van der Waals surface area contributed by atoms with E-state index in [1.54, 1.807) is 6.26 Å². The fourth-order valence-electron chi connectivity index (χ4n) is 2.76.